The van der Waals surface area contributed by atoms with Crippen LogP contribution in [0, 0.1) is 6.92 Å². The van der Waals surface area contributed by atoms with E-state index in [0.717, 1.165) is 16.7 Å². The van der Waals surface area contributed by atoms with Crippen LogP contribution in [0.4, 0.5) is 0 Å². The lowest BCUT2D eigenvalue weighted by molar-refractivity contribution is 0.604. The van der Waals surface area contributed by atoms with E-state index in [4.69, 9.17) is 4.42 Å². The van der Waals surface area contributed by atoms with E-state index < -0.39 is 0 Å². The van der Waals surface area contributed by atoms with Gasteiger partial charge >= 0.3 is 0 Å². The van der Waals surface area contributed by atoms with Crippen molar-refractivity contribution in [1.82, 2.24) is 0 Å². The summed E-state index contributed by atoms with van der Waals surface area (Å²) in [6.07, 6.45) is 4.08. The molecule has 0 aliphatic rings. The monoisotopic (exact) mass is 234 g/mol. The Bertz CT molecular complexity index is 671. The van der Waals surface area contributed by atoms with Crippen LogP contribution >= 0.6 is 0 Å². The molecule has 1 heterocycles. The van der Waals surface area contributed by atoms with Crippen molar-refractivity contribution >= 4 is 23.1 Å². The molecule has 88 valence electrons. The Morgan fingerprint density at radius 1 is 0.889 bits per heavy atom. The largest absolute Gasteiger partial charge is 0.457 e. The summed E-state index contributed by atoms with van der Waals surface area (Å²) < 4.78 is 5.73. The second-order valence-electron chi connectivity index (χ2n) is 4.43. The summed E-state index contributed by atoms with van der Waals surface area (Å²) in [6, 6.07) is 18.5. The fourth-order valence-electron chi connectivity index (χ4n) is 2.04. The third-order valence-corrected chi connectivity index (χ3v) is 2.93. The highest BCUT2D eigenvalue weighted by Crippen LogP contribution is 2.20. The number of furan rings is 1. The Morgan fingerprint density at radius 3 is 2.61 bits per heavy atom. The maximum Gasteiger partial charge on any atom is 0.134 e. The van der Waals surface area contributed by atoms with Crippen LogP contribution in [-0.2, 0) is 0 Å². The molecule has 1 nitrogen and oxygen atoms in total. The molecular formula is C17H14O. The number of rotatable bonds is 2. The molecule has 0 aliphatic carbocycles. The Balaban J connectivity index is 1.92. The van der Waals surface area contributed by atoms with Crippen molar-refractivity contribution in [2.45, 2.75) is 6.92 Å². The first-order chi connectivity index (χ1) is 8.81. The van der Waals surface area contributed by atoms with Crippen molar-refractivity contribution in [2.24, 2.45) is 0 Å². The topological polar surface area (TPSA) is 13.1 Å². The molecule has 0 fully saturated rings. The fraction of sp³-hybridized carbons (Fsp3) is 0.0588. The van der Waals surface area contributed by atoms with E-state index >= 15 is 0 Å². The summed E-state index contributed by atoms with van der Waals surface area (Å²) in [7, 11) is 0. The van der Waals surface area contributed by atoms with E-state index in [-0.39, 0.29) is 0 Å². The summed E-state index contributed by atoms with van der Waals surface area (Å²) in [5.74, 6) is 0.887. The molecule has 0 saturated heterocycles. The van der Waals surface area contributed by atoms with Crippen molar-refractivity contribution in [1.29, 1.82) is 0 Å². The van der Waals surface area contributed by atoms with Gasteiger partial charge in [0, 0.05) is 5.39 Å². The van der Waals surface area contributed by atoms with Gasteiger partial charge in [-0.15, -0.1) is 0 Å². The summed E-state index contributed by atoms with van der Waals surface area (Å²) >= 11 is 0. The Kier molecular flexibility index (Phi) is 2.73. The molecule has 0 bridgehead atoms. The van der Waals surface area contributed by atoms with Crippen LogP contribution in [0.25, 0.3) is 23.1 Å². The minimum atomic E-state index is 0.887. The third-order valence-electron chi connectivity index (χ3n) is 2.93. The molecule has 0 unspecified atom stereocenters. The molecule has 1 aromatic heterocycles. The first-order valence-electron chi connectivity index (χ1n) is 6.04. The predicted molar refractivity (Wildman–Crippen MR) is 76.3 cm³/mol. The lowest BCUT2D eigenvalue weighted by Crippen LogP contribution is -1.73. The second-order valence-corrected chi connectivity index (χ2v) is 4.43. The molecule has 18 heavy (non-hydrogen) atoms. The van der Waals surface area contributed by atoms with Gasteiger partial charge < -0.3 is 4.42 Å². The number of aryl methyl sites for hydroxylation is 1. The minimum Gasteiger partial charge on any atom is -0.457 e. The average molecular weight is 234 g/mol. The third kappa shape index (κ3) is 2.21. The molecule has 0 amide bonds. The van der Waals surface area contributed by atoms with E-state index in [9.17, 15) is 0 Å². The van der Waals surface area contributed by atoms with E-state index in [1.54, 1.807) is 0 Å². The van der Waals surface area contributed by atoms with E-state index in [0.29, 0.717) is 0 Å². The first kappa shape index (κ1) is 10.8. The number of benzene rings is 2. The Labute approximate surface area is 106 Å². The zero-order valence-corrected chi connectivity index (χ0v) is 10.3. The van der Waals surface area contributed by atoms with Gasteiger partial charge in [-0.05, 0) is 30.7 Å². The predicted octanol–water partition coefficient (Wildman–Crippen LogP) is 4.91. The molecule has 1 heteroatoms. The first-order valence-corrected chi connectivity index (χ1v) is 6.04. The number of fused-ring (bicyclic) bond motifs is 1. The molecule has 3 rings (SSSR count). The van der Waals surface area contributed by atoms with Gasteiger partial charge in [0.15, 0.2) is 0 Å². The highest BCUT2D eigenvalue weighted by Gasteiger charge is 1.98. The Hall–Kier alpha value is -2.28. The van der Waals surface area contributed by atoms with Crippen LogP contribution in [-0.4, -0.2) is 0 Å². The molecule has 3 aromatic rings. The highest BCUT2D eigenvalue weighted by molar-refractivity contribution is 5.81. The van der Waals surface area contributed by atoms with Crippen LogP contribution in [0.5, 0.6) is 0 Å². The highest BCUT2D eigenvalue weighted by atomic mass is 16.3. The summed E-state index contributed by atoms with van der Waals surface area (Å²) in [4.78, 5) is 0. The van der Waals surface area contributed by atoms with Gasteiger partial charge in [-0.3, -0.25) is 0 Å². The van der Waals surface area contributed by atoms with Gasteiger partial charge in [0.1, 0.15) is 11.3 Å². The standard InChI is InChI=1S/C17H14O/c1-13-5-4-6-14(11-13)9-10-16-12-15-7-2-3-8-17(15)18-16/h2-12H,1H3/b10-9+. The van der Waals surface area contributed by atoms with Crippen molar-refractivity contribution in [3.05, 3.63) is 71.5 Å². The fourth-order valence-corrected chi connectivity index (χ4v) is 2.04. The number of hydrogen-bond donors (Lipinski definition) is 0. The molecule has 0 spiro atoms. The van der Waals surface area contributed by atoms with Crippen LogP contribution in [0.3, 0.4) is 0 Å². The smallest absolute Gasteiger partial charge is 0.134 e. The average Bonchev–Trinajstić information content (AvgIpc) is 2.79. The van der Waals surface area contributed by atoms with Crippen LogP contribution < -0.4 is 0 Å². The molecule has 0 N–H and O–H groups in total. The van der Waals surface area contributed by atoms with Gasteiger partial charge in [-0.2, -0.15) is 0 Å². The summed E-state index contributed by atoms with van der Waals surface area (Å²) in [6.45, 7) is 2.10. The maximum absolute atomic E-state index is 5.73. The molecule has 0 radical (unpaired) electrons. The van der Waals surface area contributed by atoms with E-state index in [2.05, 4.69) is 49.4 Å². The molecule has 2 aromatic carbocycles. The summed E-state index contributed by atoms with van der Waals surface area (Å²) in [5.41, 5.74) is 3.39. The van der Waals surface area contributed by atoms with E-state index in [1.165, 1.54) is 11.1 Å². The lowest BCUT2D eigenvalue weighted by atomic mass is 10.1. The van der Waals surface area contributed by atoms with Gasteiger partial charge in [0.25, 0.3) is 0 Å². The van der Waals surface area contributed by atoms with E-state index in [1.807, 2.05) is 24.3 Å². The van der Waals surface area contributed by atoms with Crippen LogP contribution in [0.2, 0.25) is 0 Å². The van der Waals surface area contributed by atoms with Gasteiger partial charge in [0.05, 0.1) is 0 Å². The van der Waals surface area contributed by atoms with Gasteiger partial charge in [-0.25, -0.2) is 0 Å². The number of hydrogen-bond acceptors (Lipinski definition) is 1. The summed E-state index contributed by atoms with van der Waals surface area (Å²) in [5, 5.41) is 1.14. The molecule has 0 atom stereocenters. The van der Waals surface area contributed by atoms with Crippen LogP contribution in [0.1, 0.15) is 16.9 Å². The lowest BCUT2D eigenvalue weighted by Gasteiger charge is -1.94. The zero-order valence-electron chi connectivity index (χ0n) is 10.3. The molecular weight excluding hydrogens is 220 g/mol. The normalized spacial score (nSPS) is 11.4. The van der Waals surface area contributed by atoms with Gasteiger partial charge in [-0.1, -0.05) is 54.1 Å². The SMILES string of the molecule is Cc1cccc(/C=C/c2cc3ccccc3o2)c1. The van der Waals surface area contributed by atoms with Crippen molar-refractivity contribution < 1.29 is 4.42 Å². The minimum absolute atomic E-state index is 0.887. The second kappa shape index (κ2) is 4.53. The van der Waals surface area contributed by atoms with Gasteiger partial charge in [0.2, 0.25) is 0 Å². The maximum atomic E-state index is 5.73. The quantitative estimate of drug-likeness (QED) is 0.614. The molecule has 0 aliphatic heterocycles. The molecule has 0 saturated carbocycles. The van der Waals surface area contributed by atoms with Crippen molar-refractivity contribution in [3.63, 3.8) is 0 Å². The van der Waals surface area contributed by atoms with Crippen LogP contribution in [0.15, 0.2) is 59.0 Å². The van der Waals surface area contributed by atoms with Crippen molar-refractivity contribution in [2.75, 3.05) is 0 Å². The van der Waals surface area contributed by atoms with Crippen molar-refractivity contribution in [3.8, 4) is 0 Å². The zero-order chi connectivity index (χ0) is 12.4. The number of para-hydroxylation sites is 1. The Morgan fingerprint density at radius 2 is 1.78 bits per heavy atom.